The highest BCUT2D eigenvalue weighted by molar-refractivity contribution is 6.02. The van der Waals surface area contributed by atoms with Crippen LogP contribution in [0.25, 0.3) is 10.8 Å². The normalized spacial score (nSPS) is 15.9. The van der Waals surface area contributed by atoms with Crippen LogP contribution in [0.15, 0.2) is 60.7 Å². The molecule has 0 radical (unpaired) electrons. The Labute approximate surface area is 176 Å². The van der Waals surface area contributed by atoms with Crippen molar-refractivity contribution in [2.45, 2.75) is 38.9 Å². The average molecular weight is 405 g/mol. The summed E-state index contributed by atoms with van der Waals surface area (Å²) in [6.07, 6.45) is -0.413. The third-order valence-corrected chi connectivity index (χ3v) is 5.20. The van der Waals surface area contributed by atoms with Crippen molar-refractivity contribution in [3.05, 3.63) is 71.8 Å². The second kappa shape index (κ2) is 8.00. The van der Waals surface area contributed by atoms with Crippen LogP contribution >= 0.6 is 0 Å². The first-order chi connectivity index (χ1) is 14.4. The molecule has 0 fully saturated rings. The minimum absolute atomic E-state index is 0.0412. The third kappa shape index (κ3) is 3.98. The molecule has 30 heavy (non-hydrogen) atoms. The lowest BCUT2D eigenvalue weighted by Gasteiger charge is -2.25. The van der Waals surface area contributed by atoms with E-state index in [0.29, 0.717) is 18.9 Å². The molecular weight excluding hydrogens is 378 g/mol. The molecule has 156 valence electrons. The molecule has 5 heteroatoms. The van der Waals surface area contributed by atoms with E-state index in [0.717, 1.165) is 27.6 Å². The highest BCUT2D eigenvalue weighted by Gasteiger charge is 2.36. The fourth-order valence-corrected chi connectivity index (χ4v) is 3.91. The SMILES string of the molecule is CC(C)(C)OC(=O)N1C[C@H](CO)c2c1cc(OCc1ccccc1)c1ccccc21. The summed E-state index contributed by atoms with van der Waals surface area (Å²) in [6.45, 7) is 6.31. The second-order valence-electron chi connectivity index (χ2n) is 8.60. The first kappa shape index (κ1) is 20.2. The maximum atomic E-state index is 12.9. The van der Waals surface area contributed by atoms with Crippen molar-refractivity contribution >= 4 is 22.6 Å². The van der Waals surface area contributed by atoms with Gasteiger partial charge in [0.2, 0.25) is 0 Å². The first-order valence-electron chi connectivity index (χ1n) is 10.2. The van der Waals surface area contributed by atoms with Gasteiger partial charge in [-0.1, -0.05) is 54.6 Å². The van der Waals surface area contributed by atoms with Gasteiger partial charge in [-0.3, -0.25) is 4.90 Å². The lowest BCUT2D eigenvalue weighted by Crippen LogP contribution is -2.36. The summed E-state index contributed by atoms with van der Waals surface area (Å²) in [5.41, 5.74) is 2.17. The van der Waals surface area contributed by atoms with Gasteiger partial charge >= 0.3 is 6.09 Å². The number of amides is 1. The van der Waals surface area contributed by atoms with Crippen LogP contribution in [0.2, 0.25) is 0 Å². The zero-order valence-corrected chi connectivity index (χ0v) is 17.6. The molecule has 1 heterocycles. The van der Waals surface area contributed by atoms with Gasteiger partial charge in [0.05, 0.1) is 12.3 Å². The van der Waals surface area contributed by atoms with Crippen molar-refractivity contribution < 1.29 is 19.4 Å². The number of hydrogen-bond acceptors (Lipinski definition) is 4. The fourth-order valence-electron chi connectivity index (χ4n) is 3.91. The Bertz CT molecular complexity index is 1060. The molecule has 5 nitrogen and oxygen atoms in total. The van der Waals surface area contributed by atoms with Crippen LogP contribution in [0.1, 0.15) is 37.8 Å². The van der Waals surface area contributed by atoms with E-state index >= 15 is 0 Å². The van der Waals surface area contributed by atoms with Gasteiger partial charge in [0.25, 0.3) is 0 Å². The highest BCUT2D eigenvalue weighted by Crippen LogP contribution is 2.45. The van der Waals surface area contributed by atoms with Gasteiger partial charge in [-0.2, -0.15) is 0 Å². The molecule has 1 aliphatic heterocycles. The summed E-state index contributed by atoms with van der Waals surface area (Å²) in [5.74, 6) is 0.543. The van der Waals surface area contributed by atoms with Gasteiger partial charge in [-0.05, 0) is 37.3 Å². The van der Waals surface area contributed by atoms with Crippen molar-refractivity contribution in [3.63, 3.8) is 0 Å². The topological polar surface area (TPSA) is 59.0 Å². The summed E-state index contributed by atoms with van der Waals surface area (Å²) >= 11 is 0. The highest BCUT2D eigenvalue weighted by atomic mass is 16.6. The van der Waals surface area contributed by atoms with E-state index in [1.54, 1.807) is 4.90 Å². The van der Waals surface area contributed by atoms with E-state index in [9.17, 15) is 9.90 Å². The number of nitrogens with zero attached hydrogens (tertiary/aromatic N) is 1. The number of aliphatic hydroxyl groups is 1. The Morgan fingerprint density at radius 3 is 2.40 bits per heavy atom. The molecule has 0 bridgehead atoms. The van der Waals surface area contributed by atoms with E-state index in [1.165, 1.54) is 0 Å². The third-order valence-electron chi connectivity index (χ3n) is 5.20. The Balaban J connectivity index is 1.77. The molecule has 0 saturated heterocycles. The number of aliphatic hydroxyl groups excluding tert-OH is 1. The average Bonchev–Trinajstić information content (AvgIpc) is 3.10. The molecule has 1 aliphatic rings. The number of hydrogen-bond donors (Lipinski definition) is 1. The van der Waals surface area contributed by atoms with Gasteiger partial charge in [-0.15, -0.1) is 0 Å². The van der Waals surface area contributed by atoms with Crippen LogP contribution in [0.3, 0.4) is 0 Å². The zero-order chi connectivity index (χ0) is 21.3. The van der Waals surface area contributed by atoms with Crippen LogP contribution in [-0.2, 0) is 11.3 Å². The minimum Gasteiger partial charge on any atom is -0.488 e. The smallest absolute Gasteiger partial charge is 0.414 e. The van der Waals surface area contributed by atoms with Crippen LogP contribution in [0.4, 0.5) is 10.5 Å². The molecule has 3 aromatic carbocycles. The van der Waals surface area contributed by atoms with Crippen molar-refractivity contribution in [2.75, 3.05) is 18.1 Å². The quantitative estimate of drug-likeness (QED) is 0.644. The molecule has 0 aliphatic carbocycles. The Morgan fingerprint density at radius 1 is 1.07 bits per heavy atom. The van der Waals surface area contributed by atoms with E-state index in [-0.39, 0.29) is 12.5 Å². The summed E-state index contributed by atoms with van der Waals surface area (Å²) < 4.78 is 11.8. The molecule has 0 spiro atoms. The zero-order valence-electron chi connectivity index (χ0n) is 17.6. The number of ether oxygens (including phenoxy) is 2. The summed E-state index contributed by atoms with van der Waals surface area (Å²) in [7, 11) is 0. The first-order valence-corrected chi connectivity index (χ1v) is 10.2. The Morgan fingerprint density at radius 2 is 1.73 bits per heavy atom. The van der Waals surface area contributed by atoms with Crippen LogP contribution in [0.5, 0.6) is 5.75 Å². The van der Waals surface area contributed by atoms with E-state index in [2.05, 4.69) is 0 Å². The number of carbonyl (C=O) groups is 1. The molecular formula is C25H27NO4. The molecule has 0 aromatic heterocycles. The lowest BCUT2D eigenvalue weighted by atomic mass is 9.95. The monoisotopic (exact) mass is 405 g/mol. The van der Waals surface area contributed by atoms with Crippen LogP contribution < -0.4 is 9.64 Å². The van der Waals surface area contributed by atoms with Crippen molar-refractivity contribution in [3.8, 4) is 5.75 Å². The maximum Gasteiger partial charge on any atom is 0.414 e. The van der Waals surface area contributed by atoms with Crippen molar-refractivity contribution in [1.29, 1.82) is 0 Å². The number of anilines is 1. The predicted octanol–water partition coefficient (Wildman–Crippen LogP) is 5.25. The van der Waals surface area contributed by atoms with Gasteiger partial charge in [0.15, 0.2) is 0 Å². The molecule has 3 aromatic rings. The minimum atomic E-state index is -0.599. The molecule has 1 atom stereocenters. The van der Waals surface area contributed by atoms with Crippen molar-refractivity contribution in [2.24, 2.45) is 0 Å². The summed E-state index contributed by atoms with van der Waals surface area (Å²) in [6, 6.07) is 19.8. The van der Waals surface area contributed by atoms with Gasteiger partial charge in [0.1, 0.15) is 18.0 Å². The number of benzene rings is 3. The molecule has 1 amide bonds. The van der Waals surface area contributed by atoms with Gasteiger partial charge in [-0.25, -0.2) is 4.79 Å². The van der Waals surface area contributed by atoms with Gasteiger partial charge in [0, 0.05) is 23.9 Å². The van der Waals surface area contributed by atoms with Crippen LogP contribution in [0, 0.1) is 0 Å². The number of fused-ring (bicyclic) bond motifs is 3. The fraction of sp³-hybridized carbons (Fsp3) is 0.320. The second-order valence-corrected chi connectivity index (χ2v) is 8.60. The lowest BCUT2D eigenvalue weighted by molar-refractivity contribution is 0.0581. The molecule has 4 rings (SSSR count). The maximum absolute atomic E-state index is 12.9. The van der Waals surface area contributed by atoms with E-state index in [1.807, 2.05) is 81.4 Å². The molecule has 1 N–H and O–H groups in total. The number of carbonyl (C=O) groups excluding carboxylic acids is 1. The predicted molar refractivity (Wildman–Crippen MR) is 118 cm³/mol. The molecule has 0 saturated carbocycles. The largest absolute Gasteiger partial charge is 0.488 e. The van der Waals surface area contributed by atoms with E-state index in [4.69, 9.17) is 9.47 Å². The summed E-state index contributed by atoms with van der Waals surface area (Å²) in [5, 5.41) is 12.0. The van der Waals surface area contributed by atoms with Crippen molar-refractivity contribution in [1.82, 2.24) is 0 Å². The van der Waals surface area contributed by atoms with E-state index < -0.39 is 11.7 Å². The Hall–Kier alpha value is -3.05. The summed E-state index contributed by atoms with van der Waals surface area (Å²) in [4.78, 5) is 14.5. The number of rotatable bonds is 4. The Kier molecular flexibility index (Phi) is 5.39. The molecule has 0 unspecified atom stereocenters. The van der Waals surface area contributed by atoms with Gasteiger partial charge < -0.3 is 14.6 Å². The standard InChI is InChI=1S/C25H27NO4/c1-25(2,3)30-24(28)26-14-18(15-27)23-20-12-8-7-11-19(20)22(13-21(23)26)29-16-17-9-5-4-6-10-17/h4-13,18,27H,14-16H2,1-3H3/t18-/m1/s1. The van der Waals surface area contributed by atoms with Crippen LogP contribution in [-0.4, -0.2) is 30.0 Å².